The Kier molecular flexibility index (Phi) is 4.20. The van der Waals surface area contributed by atoms with Gasteiger partial charge in [0, 0.05) is 16.7 Å². The summed E-state index contributed by atoms with van der Waals surface area (Å²) >= 11 is 0. The molecule has 1 atom stereocenters. The van der Waals surface area contributed by atoms with E-state index in [-0.39, 0.29) is 12.4 Å². The van der Waals surface area contributed by atoms with Gasteiger partial charge in [-0.1, -0.05) is 0 Å². The van der Waals surface area contributed by atoms with Crippen molar-refractivity contribution in [2.45, 2.75) is 19.9 Å². The Morgan fingerprint density at radius 2 is 1.65 bits per heavy atom. The number of benzene rings is 1. The van der Waals surface area contributed by atoms with Crippen molar-refractivity contribution < 1.29 is 19.7 Å². The predicted molar refractivity (Wildman–Crippen MR) is 64.7 cm³/mol. The first-order chi connectivity index (χ1) is 7.99. The third-order valence-corrected chi connectivity index (χ3v) is 2.87. The number of aliphatic hydroxyl groups is 1. The zero-order valence-electron chi connectivity index (χ0n) is 10.6. The number of ether oxygens (including phenoxy) is 2. The second kappa shape index (κ2) is 5.25. The molecular weight excluding hydrogens is 222 g/mol. The van der Waals surface area contributed by atoms with E-state index in [1.165, 1.54) is 7.11 Å². The first-order valence-corrected chi connectivity index (χ1v) is 5.29. The number of phenols is 1. The minimum absolute atomic E-state index is 0.0372. The van der Waals surface area contributed by atoms with Gasteiger partial charge in [0.1, 0.15) is 5.75 Å². The molecule has 96 valence electrons. The smallest absolute Gasteiger partial charge is 0.167 e. The van der Waals surface area contributed by atoms with Gasteiger partial charge in [-0.2, -0.15) is 0 Å². The highest BCUT2D eigenvalue weighted by atomic mass is 16.5. The summed E-state index contributed by atoms with van der Waals surface area (Å²) in [6.45, 7) is 3.32. The Balaban J connectivity index is 3.59. The van der Waals surface area contributed by atoms with Crippen LogP contribution in [0.3, 0.4) is 0 Å². The van der Waals surface area contributed by atoms with Crippen LogP contribution in [0.4, 0.5) is 0 Å². The van der Waals surface area contributed by atoms with Gasteiger partial charge < -0.3 is 25.4 Å². The minimum atomic E-state index is -0.668. The van der Waals surface area contributed by atoms with Gasteiger partial charge in [0.2, 0.25) is 0 Å². The van der Waals surface area contributed by atoms with Crippen molar-refractivity contribution in [2.75, 3.05) is 20.8 Å². The number of nitrogens with two attached hydrogens (primary N) is 1. The molecule has 0 heterocycles. The van der Waals surface area contributed by atoms with Crippen LogP contribution in [0, 0.1) is 13.8 Å². The molecule has 0 unspecified atom stereocenters. The molecule has 1 rings (SSSR count). The number of hydrogen-bond donors (Lipinski definition) is 3. The van der Waals surface area contributed by atoms with Gasteiger partial charge in [0.15, 0.2) is 11.5 Å². The van der Waals surface area contributed by atoms with Crippen LogP contribution >= 0.6 is 0 Å². The van der Waals surface area contributed by atoms with E-state index >= 15 is 0 Å². The molecule has 0 saturated carbocycles. The summed E-state index contributed by atoms with van der Waals surface area (Å²) in [5, 5.41) is 19.2. The van der Waals surface area contributed by atoms with E-state index in [1.54, 1.807) is 21.0 Å². The molecule has 0 aromatic heterocycles. The van der Waals surface area contributed by atoms with Crippen molar-refractivity contribution in [3.8, 4) is 17.2 Å². The lowest BCUT2D eigenvalue weighted by molar-refractivity contribution is 0.262. The molecule has 0 radical (unpaired) electrons. The van der Waals surface area contributed by atoms with Gasteiger partial charge in [-0.25, -0.2) is 0 Å². The average Bonchev–Trinajstić information content (AvgIpc) is 2.29. The largest absolute Gasteiger partial charge is 0.504 e. The van der Waals surface area contributed by atoms with Gasteiger partial charge in [-0.05, 0) is 13.8 Å². The molecule has 0 amide bonds. The molecule has 1 aromatic rings. The summed E-state index contributed by atoms with van der Waals surface area (Å²) in [4.78, 5) is 0. The van der Waals surface area contributed by atoms with Crippen molar-refractivity contribution in [1.82, 2.24) is 0 Å². The normalized spacial score (nSPS) is 12.4. The highest BCUT2D eigenvalue weighted by Crippen LogP contribution is 2.44. The first-order valence-electron chi connectivity index (χ1n) is 5.29. The Hall–Kier alpha value is -1.46. The Labute approximate surface area is 101 Å². The van der Waals surface area contributed by atoms with Crippen molar-refractivity contribution in [1.29, 1.82) is 0 Å². The second-order valence-electron chi connectivity index (χ2n) is 3.87. The standard InChI is InChI=1S/C12H19NO4/c1-6-9(8(13)5-14)10(15)12(17-4)7(2)11(6)16-3/h8,14-15H,5,13H2,1-4H3/t8-/m1/s1. The molecule has 0 spiro atoms. The van der Waals surface area contributed by atoms with Crippen molar-refractivity contribution >= 4 is 0 Å². The molecule has 0 aliphatic carbocycles. The number of aromatic hydroxyl groups is 1. The zero-order valence-corrected chi connectivity index (χ0v) is 10.6. The fourth-order valence-corrected chi connectivity index (χ4v) is 2.09. The summed E-state index contributed by atoms with van der Waals surface area (Å²) < 4.78 is 10.4. The van der Waals surface area contributed by atoms with Crippen LogP contribution in [0.1, 0.15) is 22.7 Å². The Morgan fingerprint density at radius 3 is 2.06 bits per heavy atom. The maximum Gasteiger partial charge on any atom is 0.167 e. The SMILES string of the molecule is COc1c(C)c(OC)c(O)c([C@H](N)CO)c1C. The molecule has 0 aliphatic heterocycles. The topological polar surface area (TPSA) is 84.9 Å². The van der Waals surface area contributed by atoms with Crippen LogP contribution in [0.25, 0.3) is 0 Å². The minimum Gasteiger partial charge on any atom is -0.504 e. The second-order valence-corrected chi connectivity index (χ2v) is 3.87. The molecule has 0 saturated heterocycles. The van der Waals surface area contributed by atoms with Crippen molar-refractivity contribution in [3.63, 3.8) is 0 Å². The zero-order chi connectivity index (χ0) is 13.2. The van der Waals surface area contributed by atoms with Crippen LogP contribution < -0.4 is 15.2 Å². The summed E-state index contributed by atoms with van der Waals surface area (Å²) in [6, 6.07) is -0.668. The lowest BCUT2D eigenvalue weighted by Gasteiger charge is -2.21. The monoisotopic (exact) mass is 241 g/mol. The summed E-state index contributed by atoms with van der Waals surface area (Å²) in [6.07, 6.45) is 0. The maximum atomic E-state index is 10.1. The summed E-state index contributed by atoms with van der Waals surface area (Å²) in [7, 11) is 3.01. The van der Waals surface area contributed by atoms with Gasteiger partial charge in [-0.15, -0.1) is 0 Å². The van der Waals surface area contributed by atoms with Crippen LogP contribution in [0.5, 0.6) is 17.2 Å². The van der Waals surface area contributed by atoms with Crippen LogP contribution in [-0.2, 0) is 0 Å². The fourth-order valence-electron chi connectivity index (χ4n) is 2.09. The number of aliphatic hydroxyl groups excluding tert-OH is 1. The predicted octanol–water partition coefficient (Wildman–Crippen LogP) is 1.02. The summed E-state index contributed by atoms with van der Waals surface area (Å²) in [5.74, 6) is 0.898. The van der Waals surface area contributed by atoms with Crippen molar-refractivity contribution in [3.05, 3.63) is 16.7 Å². The lowest BCUT2D eigenvalue weighted by Crippen LogP contribution is -2.17. The molecule has 1 aromatic carbocycles. The highest BCUT2D eigenvalue weighted by Gasteiger charge is 2.23. The van der Waals surface area contributed by atoms with E-state index in [4.69, 9.17) is 20.3 Å². The molecule has 0 fully saturated rings. The Morgan fingerprint density at radius 1 is 1.12 bits per heavy atom. The molecule has 0 aliphatic rings. The fraction of sp³-hybridized carbons (Fsp3) is 0.500. The maximum absolute atomic E-state index is 10.1. The third kappa shape index (κ3) is 2.16. The van der Waals surface area contributed by atoms with E-state index in [2.05, 4.69) is 0 Å². The number of phenolic OH excluding ortho intramolecular Hbond substituents is 1. The number of rotatable bonds is 4. The van der Waals surface area contributed by atoms with Gasteiger partial charge in [0.05, 0.1) is 26.9 Å². The molecule has 4 N–H and O–H groups in total. The summed E-state index contributed by atoms with van der Waals surface area (Å²) in [5.41, 5.74) is 7.64. The molecule has 5 heteroatoms. The molecule has 5 nitrogen and oxygen atoms in total. The third-order valence-electron chi connectivity index (χ3n) is 2.87. The highest BCUT2D eigenvalue weighted by molar-refractivity contribution is 5.62. The first kappa shape index (κ1) is 13.6. The number of hydrogen-bond acceptors (Lipinski definition) is 5. The lowest BCUT2D eigenvalue weighted by atomic mass is 9.96. The van der Waals surface area contributed by atoms with E-state index in [1.807, 2.05) is 0 Å². The quantitative estimate of drug-likeness (QED) is 0.732. The van der Waals surface area contributed by atoms with Crippen LogP contribution in [-0.4, -0.2) is 31.0 Å². The van der Waals surface area contributed by atoms with E-state index in [0.717, 1.165) is 0 Å². The van der Waals surface area contributed by atoms with Crippen molar-refractivity contribution in [2.24, 2.45) is 5.73 Å². The van der Waals surface area contributed by atoms with E-state index < -0.39 is 6.04 Å². The number of methoxy groups -OCH3 is 2. The van der Waals surface area contributed by atoms with Gasteiger partial charge >= 0.3 is 0 Å². The van der Waals surface area contributed by atoms with Crippen LogP contribution in [0.15, 0.2) is 0 Å². The van der Waals surface area contributed by atoms with E-state index in [9.17, 15) is 5.11 Å². The van der Waals surface area contributed by atoms with Gasteiger partial charge in [-0.3, -0.25) is 0 Å². The Bertz CT molecular complexity index is 386. The molecule has 0 bridgehead atoms. The van der Waals surface area contributed by atoms with E-state index in [0.29, 0.717) is 28.2 Å². The van der Waals surface area contributed by atoms with Crippen LogP contribution in [0.2, 0.25) is 0 Å². The molecular formula is C12H19NO4. The average molecular weight is 241 g/mol. The molecule has 17 heavy (non-hydrogen) atoms. The van der Waals surface area contributed by atoms with Gasteiger partial charge in [0.25, 0.3) is 0 Å².